The summed E-state index contributed by atoms with van der Waals surface area (Å²) in [4.78, 5) is 16.0. The molecular weight excluding hydrogens is 439 g/mol. The molecule has 30 heavy (non-hydrogen) atoms. The summed E-state index contributed by atoms with van der Waals surface area (Å²) in [6, 6.07) is 10.1. The number of likely N-dealkylation sites (tertiary alicyclic amines) is 1. The lowest BCUT2D eigenvalue weighted by molar-refractivity contribution is 0.0898. The summed E-state index contributed by atoms with van der Waals surface area (Å²) in [6.07, 6.45) is 2.34. The van der Waals surface area contributed by atoms with Gasteiger partial charge in [0.1, 0.15) is 16.4 Å². The zero-order valence-electron chi connectivity index (χ0n) is 17.5. The average molecular weight is 467 g/mol. The number of nitrogens with zero attached hydrogens (tertiary/aromatic N) is 1. The average Bonchev–Trinajstić information content (AvgIpc) is 3.26. The van der Waals surface area contributed by atoms with Crippen molar-refractivity contribution in [2.45, 2.75) is 39.7 Å². The number of nitrogens with one attached hydrogen (secondary N) is 1. The first-order valence-corrected chi connectivity index (χ1v) is 11.4. The van der Waals surface area contributed by atoms with Gasteiger partial charge in [-0.25, -0.2) is 0 Å². The third-order valence-electron chi connectivity index (χ3n) is 5.80. The van der Waals surface area contributed by atoms with E-state index in [0.717, 1.165) is 46.2 Å². The van der Waals surface area contributed by atoms with Gasteiger partial charge in [0.05, 0.1) is 11.1 Å². The van der Waals surface area contributed by atoms with Gasteiger partial charge in [-0.15, -0.1) is 23.7 Å². The Morgan fingerprint density at radius 2 is 2.00 bits per heavy atom. The summed E-state index contributed by atoms with van der Waals surface area (Å²) >= 11 is 7.98. The van der Waals surface area contributed by atoms with Crippen molar-refractivity contribution in [1.29, 1.82) is 0 Å². The van der Waals surface area contributed by atoms with Crippen LogP contribution in [0.4, 0.5) is 0 Å². The molecule has 1 fully saturated rings. The highest BCUT2D eigenvalue weighted by Crippen LogP contribution is 2.36. The van der Waals surface area contributed by atoms with E-state index in [1.54, 1.807) is 0 Å². The van der Waals surface area contributed by atoms with Crippen LogP contribution in [0.2, 0.25) is 5.02 Å². The highest BCUT2D eigenvalue weighted by atomic mass is 35.5. The van der Waals surface area contributed by atoms with E-state index in [0.29, 0.717) is 16.4 Å². The molecule has 0 radical (unpaired) electrons. The first-order valence-electron chi connectivity index (χ1n) is 10.2. The Bertz CT molecular complexity index is 1020. The van der Waals surface area contributed by atoms with Crippen LogP contribution < -0.4 is 5.32 Å². The molecule has 1 atom stereocenters. The van der Waals surface area contributed by atoms with Crippen LogP contribution in [0.15, 0.2) is 34.7 Å². The maximum absolute atomic E-state index is 13.0. The van der Waals surface area contributed by atoms with Crippen molar-refractivity contribution in [3.63, 3.8) is 0 Å². The second-order valence-corrected chi connectivity index (χ2v) is 9.57. The predicted molar refractivity (Wildman–Crippen MR) is 127 cm³/mol. The number of benzene rings is 1. The van der Waals surface area contributed by atoms with Gasteiger partial charge in [-0.05, 0) is 69.5 Å². The minimum absolute atomic E-state index is 0. The number of fused-ring (bicyclic) bond motifs is 1. The Balaban J connectivity index is 0.00000256. The van der Waals surface area contributed by atoms with Crippen LogP contribution in [0.25, 0.3) is 10.1 Å². The molecule has 162 valence electrons. The van der Waals surface area contributed by atoms with Gasteiger partial charge in [0.25, 0.3) is 5.91 Å². The van der Waals surface area contributed by atoms with Gasteiger partial charge in [-0.2, -0.15) is 0 Å². The number of hydrogen-bond donors (Lipinski definition) is 1. The normalized spacial score (nSPS) is 16.4. The Hall–Kier alpha value is -1.53. The van der Waals surface area contributed by atoms with E-state index >= 15 is 0 Å². The lowest BCUT2D eigenvalue weighted by atomic mass is 9.97. The van der Waals surface area contributed by atoms with Crippen LogP contribution in [0, 0.1) is 19.8 Å². The minimum Gasteiger partial charge on any atom is -0.465 e. The van der Waals surface area contributed by atoms with Gasteiger partial charge in [0, 0.05) is 16.6 Å². The molecule has 3 heterocycles. The number of furan rings is 1. The fourth-order valence-corrected chi connectivity index (χ4v) is 5.50. The zero-order valence-corrected chi connectivity index (χ0v) is 19.9. The lowest BCUT2D eigenvalue weighted by Gasteiger charge is -2.35. The van der Waals surface area contributed by atoms with Crippen molar-refractivity contribution in [2.75, 3.05) is 19.6 Å². The second-order valence-electron chi connectivity index (χ2n) is 8.14. The third kappa shape index (κ3) is 4.86. The van der Waals surface area contributed by atoms with Gasteiger partial charge in [-0.1, -0.05) is 30.7 Å². The van der Waals surface area contributed by atoms with Crippen LogP contribution in [-0.4, -0.2) is 30.4 Å². The van der Waals surface area contributed by atoms with Gasteiger partial charge in [0.2, 0.25) is 0 Å². The lowest BCUT2D eigenvalue weighted by Crippen LogP contribution is -2.41. The minimum atomic E-state index is -0.118. The summed E-state index contributed by atoms with van der Waals surface area (Å²) in [7, 11) is 0. The smallest absolute Gasteiger partial charge is 0.263 e. The van der Waals surface area contributed by atoms with Crippen LogP contribution in [0.1, 0.15) is 52.6 Å². The van der Waals surface area contributed by atoms with Crippen LogP contribution in [0.5, 0.6) is 0 Å². The van der Waals surface area contributed by atoms with Crippen LogP contribution in [-0.2, 0) is 0 Å². The van der Waals surface area contributed by atoms with E-state index < -0.39 is 0 Å². The van der Waals surface area contributed by atoms with E-state index in [9.17, 15) is 4.79 Å². The molecule has 1 unspecified atom stereocenters. The van der Waals surface area contributed by atoms with E-state index in [4.69, 9.17) is 16.0 Å². The van der Waals surface area contributed by atoms with Crippen molar-refractivity contribution < 1.29 is 9.21 Å². The molecule has 1 saturated heterocycles. The molecule has 1 amide bonds. The van der Waals surface area contributed by atoms with E-state index in [2.05, 4.69) is 23.2 Å². The summed E-state index contributed by atoms with van der Waals surface area (Å²) in [5, 5.41) is 4.60. The van der Waals surface area contributed by atoms with Gasteiger partial charge < -0.3 is 9.73 Å². The number of hydrogen-bond acceptors (Lipinski definition) is 4. The van der Waals surface area contributed by atoms with Crippen molar-refractivity contribution >= 4 is 51.3 Å². The molecule has 1 aromatic carbocycles. The van der Waals surface area contributed by atoms with Crippen molar-refractivity contribution in [1.82, 2.24) is 10.2 Å². The van der Waals surface area contributed by atoms with Gasteiger partial charge >= 0.3 is 0 Å². The van der Waals surface area contributed by atoms with E-state index in [1.165, 1.54) is 24.2 Å². The Morgan fingerprint density at radius 1 is 1.27 bits per heavy atom. The molecule has 1 N–H and O–H groups in total. The second kappa shape index (κ2) is 9.73. The summed E-state index contributed by atoms with van der Waals surface area (Å²) in [5.41, 5.74) is 1.16. The highest BCUT2D eigenvalue weighted by molar-refractivity contribution is 7.21. The van der Waals surface area contributed by atoms with Crippen molar-refractivity contribution in [3.8, 4) is 0 Å². The zero-order chi connectivity index (χ0) is 20.5. The topological polar surface area (TPSA) is 45.5 Å². The first kappa shape index (κ1) is 23.1. The van der Waals surface area contributed by atoms with Gasteiger partial charge in [0.15, 0.2) is 0 Å². The summed E-state index contributed by atoms with van der Waals surface area (Å²) < 4.78 is 6.98. The summed E-state index contributed by atoms with van der Waals surface area (Å²) in [5.74, 6) is 2.44. The number of aryl methyl sites for hydroxylation is 2. The largest absolute Gasteiger partial charge is 0.465 e. The van der Waals surface area contributed by atoms with Crippen molar-refractivity contribution in [2.24, 2.45) is 5.92 Å². The molecule has 4 nitrogen and oxygen atoms in total. The molecule has 0 bridgehead atoms. The molecule has 4 rings (SSSR count). The fraction of sp³-hybridized carbons (Fsp3) is 0.435. The maximum Gasteiger partial charge on any atom is 0.263 e. The van der Waals surface area contributed by atoms with E-state index in [-0.39, 0.29) is 24.4 Å². The Labute approximate surface area is 193 Å². The quantitative estimate of drug-likeness (QED) is 0.473. The maximum atomic E-state index is 13.0. The number of piperidine rings is 1. The third-order valence-corrected chi connectivity index (χ3v) is 7.45. The molecule has 0 aliphatic carbocycles. The van der Waals surface area contributed by atoms with E-state index in [1.807, 2.05) is 38.1 Å². The van der Waals surface area contributed by atoms with Gasteiger partial charge in [-0.3, -0.25) is 9.69 Å². The number of carbonyl (C=O) groups is 1. The fourth-order valence-electron chi connectivity index (χ4n) is 3.97. The molecule has 0 spiro atoms. The number of halogens is 2. The molecular formula is C23H28Cl2N2O2S. The summed E-state index contributed by atoms with van der Waals surface area (Å²) in [6.45, 7) is 8.84. The number of amides is 1. The standard InChI is InChI=1S/C23H27ClN2O2S.ClH/c1-14-8-10-26(11-9-14)18(19-7-5-16(3)28-19)13-25-23(27)22-21(24)17-6-4-15(2)12-20(17)29-22;/h4-7,12,14,18H,8-11,13H2,1-3H3,(H,25,27);1H. The first-order chi connectivity index (χ1) is 13.9. The highest BCUT2D eigenvalue weighted by Gasteiger charge is 2.28. The van der Waals surface area contributed by atoms with Crippen LogP contribution >= 0.6 is 35.3 Å². The molecule has 1 aliphatic rings. The molecule has 7 heteroatoms. The SMILES string of the molecule is Cc1ccc2c(Cl)c(C(=O)NCC(c3ccc(C)o3)N3CCC(C)CC3)sc2c1.Cl. The number of thiophene rings is 1. The number of rotatable bonds is 5. The Morgan fingerprint density at radius 3 is 2.67 bits per heavy atom. The molecule has 2 aromatic heterocycles. The molecule has 0 saturated carbocycles. The van der Waals surface area contributed by atoms with Crippen molar-refractivity contribution in [3.05, 3.63) is 57.3 Å². The number of carbonyl (C=O) groups excluding carboxylic acids is 1. The van der Waals surface area contributed by atoms with Crippen LogP contribution in [0.3, 0.4) is 0 Å². The predicted octanol–water partition coefficient (Wildman–Crippen LogP) is 6.39. The Kier molecular flexibility index (Phi) is 7.51. The molecule has 1 aliphatic heterocycles. The molecule has 3 aromatic rings. The monoisotopic (exact) mass is 466 g/mol.